The van der Waals surface area contributed by atoms with E-state index < -0.39 is 0 Å². The zero-order chi connectivity index (χ0) is 17.8. The Bertz CT molecular complexity index is 1030. The lowest BCUT2D eigenvalue weighted by molar-refractivity contribution is 0.229. The smallest absolute Gasteiger partial charge is 0.245 e. The Hall–Kier alpha value is -2.59. The largest absolute Gasteiger partial charge is 0.320 e. The molecule has 0 radical (unpaired) electrons. The summed E-state index contributed by atoms with van der Waals surface area (Å²) >= 11 is 6.31. The van der Waals surface area contributed by atoms with Crippen molar-refractivity contribution in [1.82, 2.24) is 24.4 Å². The molecule has 0 bridgehead atoms. The predicted octanol–water partition coefficient (Wildman–Crippen LogP) is 3.98. The van der Waals surface area contributed by atoms with Gasteiger partial charge in [0, 0.05) is 17.8 Å². The number of aryl methyl sites for hydroxylation is 1. The first-order valence-electron chi connectivity index (χ1n) is 8.89. The van der Waals surface area contributed by atoms with Gasteiger partial charge in [0.05, 0.1) is 40.6 Å². The highest BCUT2D eigenvalue weighted by atomic mass is 35.5. The molecular formula is C18H18ClN7. The van der Waals surface area contributed by atoms with Crippen LogP contribution in [0.25, 0.3) is 5.52 Å². The fourth-order valence-corrected chi connectivity index (χ4v) is 3.76. The van der Waals surface area contributed by atoms with E-state index in [0.29, 0.717) is 22.9 Å². The highest BCUT2D eigenvalue weighted by Crippen LogP contribution is 2.42. The van der Waals surface area contributed by atoms with Crippen LogP contribution in [0.5, 0.6) is 0 Å². The van der Waals surface area contributed by atoms with E-state index in [9.17, 15) is 0 Å². The number of halogens is 1. The molecule has 26 heavy (non-hydrogen) atoms. The number of nitrogens with zero attached hydrogens (tertiary/aromatic N) is 6. The Balaban J connectivity index is 1.42. The zero-order valence-electron chi connectivity index (χ0n) is 14.4. The van der Waals surface area contributed by atoms with E-state index in [-0.39, 0.29) is 5.92 Å². The van der Waals surface area contributed by atoms with Gasteiger partial charge in [-0.2, -0.15) is 10.4 Å². The summed E-state index contributed by atoms with van der Waals surface area (Å²) in [5.41, 5.74) is 3.77. The summed E-state index contributed by atoms with van der Waals surface area (Å²) in [6.45, 7) is 1.96. The quantitative estimate of drug-likeness (QED) is 0.753. The Kier molecular flexibility index (Phi) is 3.44. The second-order valence-electron chi connectivity index (χ2n) is 7.25. The van der Waals surface area contributed by atoms with Crippen molar-refractivity contribution in [2.75, 3.05) is 5.32 Å². The number of fused-ring (bicyclic) bond motifs is 1. The summed E-state index contributed by atoms with van der Waals surface area (Å²) in [6, 6.07) is 4.62. The molecule has 3 aromatic heterocycles. The maximum Gasteiger partial charge on any atom is 0.245 e. The van der Waals surface area contributed by atoms with Gasteiger partial charge in [-0.15, -0.1) is 5.10 Å². The van der Waals surface area contributed by atoms with Gasteiger partial charge in [-0.05, 0) is 38.7 Å². The van der Waals surface area contributed by atoms with E-state index in [2.05, 4.69) is 26.6 Å². The zero-order valence-corrected chi connectivity index (χ0v) is 15.1. The fraction of sp³-hybridized carbons (Fsp3) is 0.444. The van der Waals surface area contributed by atoms with Gasteiger partial charge in [0.1, 0.15) is 5.52 Å². The minimum absolute atomic E-state index is 0.158. The van der Waals surface area contributed by atoms with Gasteiger partial charge in [-0.25, -0.2) is 9.50 Å². The van der Waals surface area contributed by atoms with Gasteiger partial charge in [0.25, 0.3) is 0 Å². The summed E-state index contributed by atoms with van der Waals surface area (Å²) in [5.74, 6) is 1.23. The van der Waals surface area contributed by atoms with Crippen LogP contribution in [-0.2, 0) is 0 Å². The number of hydrogen-bond acceptors (Lipinski definition) is 5. The number of nitrogens with one attached hydrogen (secondary N) is 1. The van der Waals surface area contributed by atoms with Crippen LogP contribution in [0.15, 0.2) is 18.5 Å². The van der Waals surface area contributed by atoms with Crippen molar-refractivity contribution in [2.45, 2.75) is 44.6 Å². The fourth-order valence-electron chi connectivity index (χ4n) is 3.52. The van der Waals surface area contributed by atoms with Crippen LogP contribution < -0.4 is 5.32 Å². The molecule has 0 aromatic carbocycles. The molecule has 3 aromatic rings. The topological polar surface area (TPSA) is 83.8 Å². The maximum absolute atomic E-state index is 8.94. The molecular weight excluding hydrogens is 350 g/mol. The molecule has 7 nitrogen and oxygen atoms in total. The number of aromatic nitrogens is 5. The average molecular weight is 368 g/mol. The van der Waals surface area contributed by atoms with Crippen molar-refractivity contribution in [3.8, 4) is 6.07 Å². The Morgan fingerprint density at radius 1 is 1.31 bits per heavy atom. The van der Waals surface area contributed by atoms with Crippen LogP contribution in [0, 0.1) is 24.2 Å². The van der Waals surface area contributed by atoms with Crippen LogP contribution in [0.3, 0.4) is 0 Å². The molecule has 2 saturated carbocycles. The summed E-state index contributed by atoms with van der Waals surface area (Å²) in [6.07, 6.45) is 7.84. The highest BCUT2D eigenvalue weighted by Gasteiger charge is 2.31. The van der Waals surface area contributed by atoms with E-state index in [1.807, 2.05) is 28.4 Å². The summed E-state index contributed by atoms with van der Waals surface area (Å²) < 4.78 is 3.85. The molecule has 1 N–H and O–H groups in total. The second-order valence-corrected chi connectivity index (χ2v) is 7.66. The van der Waals surface area contributed by atoms with Crippen molar-refractivity contribution < 1.29 is 0 Å². The third-order valence-electron chi connectivity index (χ3n) is 5.32. The predicted molar refractivity (Wildman–Crippen MR) is 97.6 cm³/mol. The Labute approximate surface area is 155 Å². The summed E-state index contributed by atoms with van der Waals surface area (Å²) in [7, 11) is 0. The molecule has 2 aliphatic rings. The van der Waals surface area contributed by atoms with Crippen LogP contribution in [0.2, 0.25) is 5.02 Å². The number of nitriles is 1. The van der Waals surface area contributed by atoms with Crippen molar-refractivity contribution in [2.24, 2.45) is 5.92 Å². The monoisotopic (exact) mass is 367 g/mol. The van der Waals surface area contributed by atoms with E-state index in [1.54, 1.807) is 6.20 Å². The Morgan fingerprint density at radius 3 is 2.85 bits per heavy atom. The maximum atomic E-state index is 8.94. The molecule has 0 saturated heterocycles. The molecule has 0 atom stereocenters. The lowest BCUT2D eigenvalue weighted by atomic mass is 9.81. The van der Waals surface area contributed by atoms with Crippen LogP contribution in [-0.4, -0.2) is 24.4 Å². The third-order valence-corrected chi connectivity index (χ3v) is 5.63. The molecule has 0 amide bonds. The van der Waals surface area contributed by atoms with E-state index in [0.717, 1.165) is 35.4 Å². The van der Waals surface area contributed by atoms with Crippen LogP contribution in [0.4, 0.5) is 11.6 Å². The van der Waals surface area contributed by atoms with E-state index in [1.165, 1.54) is 12.8 Å². The molecule has 0 aliphatic heterocycles. The van der Waals surface area contributed by atoms with E-state index in [4.69, 9.17) is 16.9 Å². The first-order valence-corrected chi connectivity index (χ1v) is 9.26. The van der Waals surface area contributed by atoms with Crippen LogP contribution >= 0.6 is 11.6 Å². The van der Waals surface area contributed by atoms with Crippen molar-refractivity contribution in [3.63, 3.8) is 0 Å². The van der Waals surface area contributed by atoms with Gasteiger partial charge in [0.2, 0.25) is 5.95 Å². The molecule has 5 rings (SSSR count). The highest BCUT2D eigenvalue weighted by molar-refractivity contribution is 6.34. The normalized spacial score (nSPS) is 22.2. The average Bonchev–Trinajstić information content (AvgIpc) is 3.30. The van der Waals surface area contributed by atoms with Gasteiger partial charge in [0.15, 0.2) is 0 Å². The van der Waals surface area contributed by atoms with Crippen molar-refractivity contribution in [3.05, 3.63) is 34.9 Å². The van der Waals surface area contributed by atoms with Gasteiger partial charge in [-0.1, -0.05) is 11.6 Å². The Morgan fingerprint density at radius 2 is 2.12 bits per heavy atom. The first kappa shape index (κ1) is 15.6. The number of hydrogen-bond donors (Lipinski definition) is 1. The SMILES string of the molecule is Cc1nn(C2CC(C#N)C2)cc1Nc1ncc2c(Cl)cc(C3CC3)n2n1. The molecule has 0 unspecified atom stereocenters. The molecule has 132 valence electrons. The third kappa shape index (κ3) is 2.53. The lowest BCUT2D eigenvalue weighted by Crippen LogP contribution is -2.26. The van der Waals surface area contributed by atoms with Gasteiger partial charge >= 0.3 is 0 Å². The summed E-state index contributed by atoms with van der Waals surface area (Å²) in [5, 5.41) is 22.1. The molecule has 8 heteroatoms. The van der Waals surface area contributed by atoms with Gasteiger partial charge in [-0.3, -0.25) is 4.68 Å². The van der Waals surface area contributed by atoms with Crippen LogP contribution in [0.1, 0.15) is 49.0 Å². The minimum atomic E-state index is 0.158. The lowest BCUT2D eigenvalue weighted by Gasteiger charge is -2.30. The van der Waals surface area contributed by atoms with Gasteiger partial charge < -0.3 is 5.32 Å². The van der Waals surface area contributed by atoms with Crippen molar-refractivity contribution >= 4 is 28.8 Å². The molecule has 2 fully saturated rings. The second kappa shape index (κ2) is 5.71. The molecule has 0 spiro atoms. The van der Waals surface area contributed by atoms with E-state index >= 15 is 0 Å². The standard InChI is InChI=1S/C18H18ClN7/c1-10-15(9-25(23-10)13-4-11(5-13)7-20)22-18-21-8-17-14(19)6-16(12-2-3-12)26(17)24-18/h6,8-9,11-13H,2-5H2,1H3,(H,22,24). The first-order chi connectivity index (χ1) is 12.6. The number of anilines is 2. The minimum Gasteiger partial charge on any atom is -0.320 e. The summed E-state index contributed by atoms with van der Waals surface area (Å²) in [4.78, 5) is 4.40. The molecule has 3 heterocycles. The number of rotatable bonds is 4. The molecule has 2 aliphatic carbocycles. The van der Waals surface area contributed by atoms with Crippen molar-refractivity contribution in [1.29, 1.82) is 5.26 Å².